The minimum Gasteiger partial charge on any atom is -0.455 e. The van der Waals surface area contributed by atoms with Crippen molar-refractivity contribution in [2.24, 2.45) is 0 Å². The summed E-state index contributed by atoms with van der Waals surface area (Å²) in [5.41, 5.74) is 3.43. The Morgan fingerprint density at radius 1 is 0.650 bits per heavy atom. The number of ether oxygens (including phenoxy) is 2. The quantitative estimate of drug-likeness (QED) is 0.109. The van der Waals surface area contributed by atoms with Gasteiger partial charge in [0.1, 0.15) is 35.5 Å². The molecule has 4 atom stereocenters. The highest BCUT2D eigenvalue weighted by Crippen LogP contribution is 2.39. The highest BCUT2D eigenvalue weighted by atomic mass is 79.9. The summed E-state index contributed by atoms with van der Waals surface area (Å²) in [4.78, 5) is 82.1. The number of benzene rings is 4. The third kappa shape index (κ3) is 8.98. The number of carbonyl (C=O) groups is 6. The molecule has 2 saturated heterocycles. The summed E-state index contributed by atoms with van der Waals surface area (Å²) < 4.78 is 16.4. The summed E-state index contributed by atoms with van der Waals surface area (Å²) >= 11 is 3.67. The highest BCUT2D eigenvalue weighted by molar-refractivity contribution is 9.10. The summed E-state index contributed by atoms with van der Waals surface area (Å²) in [5.74, 6) is -1.00. The minimum atomic E-state index is -1.03. The molecule has 60 heavy (non-hydrogen) atoms. The topological polar surface area (TPSA) is 189 Å². The molecule has 0 spiro atoms. The molecule has 4 N–H and O–H groups in total. The van der Waals surface area contributed by atoms with Gasteiger partial charge in [-0.1, -0.05) is 60.7 Å². The van der Waals surface area contributed by atoms with Crippen LogP contribution in [-0.4, -0.2) is 85.0 Å². The molecule has 1 aromatic heterocycles. The molecule has 2 fully saturated rings. The number of furan rings is 1. The van der Waals surface area contributed by atoms with Crippen LogP contribution < -0.4 is 21.3 Å². The molecule has 2 aliphatic rings. The van der Waals surface area contributed by atoms with E-state index in [0.717, 1.165) is 0 Å². The molecule has 0 aliphatic carbocycles. The lowest BCUT2D eigenvalue weighted by atomic mass is 10.0. The van der Waals surface area contributed by atoms with Gasteiger partial charge in [0.05, 0.1) is 18.7 Å². The van der Waals surface area contributed by atoms with Crippen LogP contribution in [0.3, 0.4) is 0 Å². The first-order valence-electron chi connectivity index (χ1n) is 19.4. The first kappa shape index (κ1) is 41.5. The van der Waals surface area contributed by atoms with Crippen molar-refractivity contribution in [3.8, 4) is 11.3 Å². The van der Waals surface area contributed by atoms with E-state index in [-0.39, 0.29) is 11.8 Å². The fourth-order valence-corrected chi connectivity index (χ4v) is 8.26. The Bertz CT molecular complexity index is 2390. The zero-order valence-corrected chi connectivity index (χ0v) is 34.4. The fraction of sp³-hybridized carbons (Fsp3) is 0.273. The molecule has 15 nitrogen and oxygen atoms in total. The van der Waals surface area contributed by atoms with Gasteiger partial charge in [0.15, 0.2) is 0 Å². The molecule has 0 saturated carbocycles. The first-order chi connectivity index (χ1) is 29.1. The van der Waals surface area contributed by atoms with Crippen molar-refractivity contribution >= 4 is 74.1 Å². The number of halogens is 1. The average molecular weight is 880 g/mol. The van der Waals surface area contributed by atoms with E-state index in [4.69, 9.17) is 13.9 Å². The molecule has 4 aromatic carbocycles. The lowest BCUT2D eigenvalue weighted by molar-refractivity contribution is -0.138. The van der Waals surface area contributed by atoms with E-state index in [1.54, 1.807) is 103 Å². The van der Waals surface area contributed by atoms with Crippen LogP contribution in [0, 0.1) is 0 Å². The van der Waals surface area contributed by atoms with Crippen LogP contribution in [0.5, 0.6) is 0 Å². The predicted molar refractivity (Wildman–Crippen MR) is 226 cm³/mol. The third-order valence-corrected chi connectivity index (χ3v) is 11.4. The van der Waals surface area contributed by atoms with Gasteiger partial charge < -0.3 is 45.0 Å². The van der Waals surface area contributed by atoms with Crippen molar-refractivity contribution in [1.82, 2.24) is 20.4 Å². The monoisotopic (exact) mass is 878 g/mol. The molecule has 16 heteroatoms. The number of hydrogen-bond donors (Lipinski definition) is 4. The maximum Gasteiger partial charge on any atom is 0.407 e. The summed E-state index contributed by atoms with van der Waals surface area (Å²) in [6, 6.07) is 26.4. The summed E-state index contributed by atoms with van der Waals surface area (Å²) in [5, 5.41) is 11.8. The Kier molecular flexibility index (Phi) is 12.8. The van der Waals surface area contributed by atoms with Crippen molar-refractivity contribution in [2.45, 2.75) is 49.9 Å². The van der Waals surface area contributed by atoms with Gasteiger partial charge in [0, 0.05) is 35.4 Å². The number of amides is 6. The smallest absolute Gasteiger partial charge is 0.407 e. The molecule has 0 radical (unpaired) electrons. The molecule has 2 aliphatic heterocycles. The molecule has 0 unspecified atom stereocenters. The summed E-state index contributed by atoms with van der Waals surface area (Å²) in [6.07, 6.45) is 0.640. The van der Waals surface area contributed by atoms with Gasteiger partial charge >= 0.3 is 12.2 Å². The number of carbonyl (C=O) groups excluding carboxylic acids is 6. The van der Waals surface area contributed by atoms with Crippen molar-refractivity contribution < 1.29 is 42.7 Å². The van der Waals surface area contributed by atoms with Gasteiger partial charge in [-0.2, -0.15) is 0 Å². The first-order valence-corrected chi connectivity index (χ1v) is 20.2. The predicted octanol–water partition coefficient (Wildman–Crippen LogP) is 6.92. The van der Waals surface area contributed by atoms with Crippen LogP contribution in [0.2, 0.25) is 0 Å². The second-order valence-electron chi connectivity index (χ2n) is 14.4. The summed E-state index contributed by atoms with van der Waals surface area (Å²) in [6.45, 7) is 0.711. The van der Waals surface area contributed by atoms with E-state index >= 15 is 0 Å². The van der Waals surface area contributed by atoms with Crippen LogP contribution in [0.4, 0.5) is 21.0 Å². The summed E-state index contributed by atoms with van der Waals surface area (Å²) in [7, 11) is 2.44. The van der Waals surface area contributed by atoms with E-state index < -0.39 is 48.2 Å². The molecule has 3 heterocycles. The highest BCUT2D eigenvalue weighted by Gasteiger charge is 2.40. The molecule has 7 rings (SSSR count). The second-order valence-corrected chi connectivity index (χ2v) is 15.1. The molecule has 0 bridgehead atoms. The Morgan fingerprint density at radius 3 is 1.60 bits per heavy atom. The largest absolute Gasteiger partial charge is 0.455 e. The van der Waals surface area contributed by atoms with Gasteiger partial charge in [-0.15, -0.1) is 0 Å². The maximum atomic E-state index is 13.8. The van der Waals surface area contributed by atoms with Crippen LogP contribution in [0.15, 0.2) is 112 Å². The number of fused-ring (bicyclic) bond motifs is 1. The Balaban J connectivity index is 1.01. The molecule has 5 aromatic rings. The normalized spacial score (nSPS) is 17.1. The fourth-order valence-electron chi connectivity index (χ4n) is 7.64. The van der Waals surface area contributed by atoms with Crippen molar-refractivity contribution in [3.63, 3.8) is 0 Å². The van der Waals surface area contributed by atoms with E-state index in [9.17, 15) is 28.8 Å². The standard InChI is InChI=1S/C44H43BrN6O9/c1-58-43(56)48-36(26-11-5-3-6-12-26)41(54)50-23-9-15-32(50)39(52)46-29-19-17-28(18-20-29)38-35(45)31-25-30(21-22-34(31)60-38)47-40(53)33-16-10-24-51(33)42(55)37(49-44(57)59-2)27-13-7-4-8-14-27/h3-8,11-14,17-22,25,32-33,36-37H,9-10,15-16,23-24H2,1-2H3,(H,46,52)(H,47,53)(H,48,56)(H,49,57)/t32-,33-,36+,37+/m0/s1. The lowest BCUT2D eigenvalue weighted by Crippen LogP contribution is -2.48. The third-order valence-electron chi connectivity index (χ3n) is 10.6. The number of hydrogen-bond acceptors (Lipinski definition) is 9. The lowest BCUT2D eigenvalue weighted by Gasteiger charge is -2.28. The molecule has 310 valence electrons. The van der Waals surface area contributed by atoms with E-state index in [1.165, 1.54) is 24.0 Å². The van der Waals surface area contributed by atoms with E-state index in [1.807, 2.05) is 0 Å². The van der Waals surface area contributed by atoms with Crippen LogP contribution in [0.25, 0.3) is 22.3 Å². The molecular weight excluding hydrogens is 836 g/mol. The zero-order chi connectivity index (χ0) is 42.3. The Morgan fingerprint density at radius 2 is 1.12 bits per heavy atom. The minimum absolute atomic E-state index is 0.350. The second kappa shape index (κ2) is 18.5. The van der Waals surface area contributed by atoms with Gasteiger partial charge in [-0.05, 0) is 95.2 Å². The van der Waals surface area contributed by atoms with Crippen LogP contribution in [-0.2, 0) is 28.7 Å². The number of likely N-dealkylation sites (tertiary alicyclic amines) is 2. The number of methoxy groups -OCH3 is 2. The van der Waals surface area contributed by atoms with Gasteiger partial charge in [0.25, 0.3) is 11.8 Å². The number of alkyl carbamates (subject to hydrolysis) is 2. The zero-order valence-electron chi connectivity index (χ0n) is 32.8. The van der Waals surface area contributed by atoms with Gasteiger partial charge in [-0.25, -0.2) is 9.59 Å². The number of rotatable bonds is 11. The number of nitrogens with zero attached hydrogens (tertiary/aromatic N) is 2. The maximum absolute atomic E-state index is 13.8. The van der Waals surface area contributed by atoms with Crippen LogP contribution in [0.1, 0.15) is 48.9 Å². The van der Waals surface area contributed by atoms with E-state index in [0.29, 0.717) is 88.0 Å². The number of anilines is 2. The van der Waals surface area contributed by atoms with E-state index in [2.05, 4.69) is 37.2 Å². The van der Waals surface area contributed by atoms with Crippen molar-refractivity contribution in [1.29, 1.82) is 0 Å². The SMILES string of the molecule is COC(=O)N[C@@H](C(=O)N1CCC[C@H]1C(=O)Nc1ccc(-c2oc3ccc(NC(=O)[C@@H]4CCCN4C(=O)[C@H](NC(=O)OC)c4ccccc4)cc3c2Br)cc1)c1ccccc1. The number of nitrogens with one attached hydrogen (secondary N) is 4. The van der Waals surface area contributed by atoms with Crippen molar-refractivity contribution in [2.75, 3.05) is 37.9 Å². The Labute approximate surface area is 353 Å². The average Bonchev–Trinajstić information content (AvgIpc) is 4.05. The van der Waals surface area contributed by atoms with Gasteiger partial charge in [0.2, 0.25) is 11.8 Å². The molecule has 6 amide bonds. The molecular formula is C44H43BrN6O9. The Hall–Kier alpha value is -6.68. The van der Waals surface area contributed by atoms with Crippen molar-refractivity contribution in [3.05, 3.63) is 119 Å². The van der Waals surface area contributed by atoms with Crippen LogP contribution >= 0.6 is 15.9 Å². The van der Waals surface area contributed by atoms with Gasteiger partial charge in [-0.3, -0.25) is 19.2 Å².